The van der Waals surface area contributed by atoms with E-state index in [1.54, 1.807) is 0 Å². The predicted molar refractivity (Wildman–Crippen MR) is 113 cm³/mol. The topological polar surface area (TPSA) is 91.0 Å². The van der Waals surface area contributed by atoms with Crippen molar-refractivity contribution in [1.29, 1.82) is 0 Å². The Morgan fingerprint density at radius 2 is 1.62 bits per heavy atom. The molecule has 0 atom stereocenters. The number of halogens is 1. The van der Waals surface area contributed by atoms with Crippen molar-refractivity contribution >= 4 is 29.2 Å². The molecule has 3 aromatic rings. The molecule has 2 aromatic carbocycles. The molecular formula is C21H23FN6O. The van der Waals surface area contributed by atoms with E-state index in [0.29, 0.717) is 30.5 Å². The summed E-state index contributed by atoms with van der Waals surface area (Å²) in [6.45, 7) is 4.74. The highest BCUT2D eigenvalue weighted by Gasteiger charge is 2.04. The third-order valence-electron chi connectivity index (χ3n) is 3.97. The predicted octanol–water partition coefficient (Wildman–Crippen LogP) is 4.21. The molecule has 1 aromatic heterocycles. The van der Waals surface area contributed by atoms with Crippen LogP contribution in [0.5, 0.6) is 0 Å². The summed E-state index contributed by atoms with van der Waals surface area (Å²) in [4.78, 5) is 20.7. The van der Waals surface area contributed by atoms with Crippen molar-refractivity contribution in [3.05, 3.63) is 71.7 Å². The number of nitrogens with one attached hydrogen (secondary N) is 4. The number of anilines is 4. The van der Waals surface area contributed by atoms with Gasteiger partial charge < -0.3 is 21.3 Å². The van der Waals surface area contributed by atoms with Crippen LogP contribution in [0.25, 0.3) is 0 Å². The Kier molecular flexibility index (Phi) is 6.57. The van der Waals surface area contributed by atoms with E-state index in [9.17, 15) is 9.18 Å². The van der Waals surface area contributed by atoms with Gasteiger partial charge in [0.2, 0.25) is 5.95 Å². The zero-order valence-corrected chi connectivity index (χ0v) is 16.3. The summed E-state index contributed by atoms with van der Waals surface area (Å²) in [6.07, 6.45) is 0. The molecule has 0 saturated heterocycles. The van der Waals surface area contributed by atoms with Crippen LogP contribution in [-0.4, -0.2) is 29.1 Å². The molecule has 0 aliphatic heterocycles. The van der Waals surface area contributed by atoms with E-state index in [1.165, 1.54) is 29.8 Å². The highest BCUT2D eigenvalue weighted by atomic mass is 19.1. The Hall–Kier alpha value is -3.68. The summed E-state index contributed by atoms with van der Waals surface area (Å²) in [6, 6.07) is 15.1. The first-order valence-corrected chi connectivity index (χ1v) is 9.21. The molecular weight excluding hydrogens is 371 g/mol. The second kappa shape index (κ2) is 9.50. The first-order valence-electron chi connectivity index (χ1n) is 9.21. The Labute approximate surface area is 168 Å². The lowest BCUT2D eigenvalue weighted by atomic mass is 10.2. The Balaban J connectivity index is 1.47. The lowest BCUT2D eigenvalue weighted by Crippen LogP contribution is -2.32. The molecule has 0 fully saturated rings. The van der Waals surface area contributed by atoms with Crippen LogP contribution in [0.2, 0.25) is 0 Å². The smallest absolute Gasteiger partial charge is 0.319 e. The Morgan fingerprint density at radius 1 is 0.931 bits per heavy atom. The summed E-state index contributed by atoms with van der Waals surface area (Å²) in [5.74, 6) is 0.806. The van der Waals surface area contributed by atoms with Crippen molar-refractivity contribution < 1.29 is 9.18 Å². The summed E-state index contributed by atoms with van der Waals surface area (Å²) < 4.78 is 12.9. The molecule has 29 heavy (non-hydrogen) atoms. The van der Waals surface area contributed by atoms with E-state index in [1.807, 2.05) is 44.2 Å². The number of hydrogen-bond acceptors (Lipinski definition) is 5. The maximum absolute atomic E-state index is 12.9. The van der Waals surface area contributed by atoms with Crippen LogP contribution < -0.4 is 21.3 Å². The van der Waals surface area contributed by atoms with Crippen molar-refractivity contribution in [2.24, 2.45) is 0 Å². The van der Waals surface area contributed by atoms with Crippen molar-refractivity contribution in [2.75, 3.05) is 29.0 Å². The van der Waals surface area contributed by atoms with Crippen molar-refractivity contribution in [3.8, 4) is 0 Å². The number of urea groups is 1. The number of carbonyl (C=O) groups is 1. The average Bonchev–Trinajstić information content (AvgIpc) is 2.68. The molecule has 0 spiro atoms. The summed E-state index contributed by atoms with van der Waals surface area (Å²) in [5.41, 5.74) is 3.47. The van der Waals surface area contributed by atoms with Gasteiger partial charge in [-0.05, 0) is 50.2 Å². The fourth-order valence-electron chi connectivity index (χ4n) is 2.56. The van der Waals surface area contributed by atoms with Gasteiger partial charge in [0.05, 0.1) is 0 Å². The first-order chi connectivity index (χ1) is 14.0. The standard InChI is InChI=1S/C21H23FN6O/c1-14-3-7-17(8-4-14)26-19-13-15(2)25-20(28-19)23-11-12-24-21(29)27-18-9-5-16(22)6-10-18/h3-10,13H,11-12H2,1-2H3,(H2,24,27,29)(H2,23,25,26,28). The van der Waals surface area contributed by atoms with Crippen molar-refractivity contribution in [3.63, 3.8) is 0 Å². The highest BCUT2D eigenvalue weighted by molar-refractivity contribution is 5.89. The zero-order valence-electron chi connectivity index (χ0n) is 16.3. The van der Waals surface area contributed by atoms with Crippen molar-refractivity contribution in [1.82, 2.24) is 15.3 Å². The monoisotopic (exact) mass is 394 g/mol. The van der Waals surface area contributed by atoms with Gasteiger partial charge in [0.1, 0.15) is 11.6 Å². The van der Waals surface area contributed by atoms with Gasteiger partial charge in [-0.2, -0.15) is 4.98 Å². The summed E-state index contributed by atoms with van der Waals surface area (Å²) in [7, 11) is 0. The average molecular weight is 394 g/mol. The molecule has 2 amide bonds. The molecule has 7 nitrogen and oxygen atoms in total. The van der Waals surface area contributed by atoms with E-state index in [0.717, 1.165) is 11.4 Å². The van der Waals surface area contributed by atoms with Crippen molar-refractivity contribution in [2.45, 2.75) is 13.8 Å². The molecule has 0 aliphatic rings. The van der Waals surface area contributed by atoms with Crippen LogP contribution in [0.3, 0.4) is 0 Å². The molecule has 0 bridgehead atoms. The normalized spacial score (nSPS) is 10.3. The summed E-state index contributed by atoms with van der Waals surface area (Å²) in [5, 5.41) is 11.7. The molecule has 8 heteroatoms. The molecule has 1 heterocycles. The molecule has 4 N–H and O–H groups in total. The SMILES string of the molecule is Cc1ccc(Nc2cc(C)nc(NCCNC(=O)Nc3ccc(F)cc3)n2)cc1. The van der Waals surface area contributed by atoms with Gasteiger partial charge in [-0.3, -0.25) is 0 Å². The second-order valence-corrected chi connectivity index (χ2v) is 6.52. The van der Waals surface area contributed by atoms with Crippen LogP contribution in [0.15, 0.2) is 54.6 Å². The number of nitrogens with zero attached hydrogens (tertiary/aromatic N) is 2. The van der Waals surface area contributed by atoms with Gasteiger partial charge >= 0.3 is 6.03 Å². The molecule has 0 aliphatic carbocycles. The van der Waals surface area contributed by atoms with Crippen LogP contribution in [-0.2, 0) is 0 Å². The third kappa shape index (κ3) is 6.46. The molecule has 3 rings (SSSR count). The van der Waals surface area contributed by atoms with Crippen LogP contribution in [0, 0.1) is 19.7 Å². The highest BCUT2D eigenvalue weighted by Crippen LogP contribution is 2.17. The van der Waals surface area contributed by atoms with Gasteiger partial charge in [-0.1, -0.05) is 17.7 Å². The second-order valence-electron chi connectivity index (χ2n) is 6.52. The molecule has 0 saturated carbocycles. The van der Waals surface area contributed by atoms with E-state index < -0.39 is 0 Å². The van der Waals surface area contributed by atoms with E-state index in [-0.39, 0.29) is 11.8 Å². The van der Waals surface area contributed by atoms with Gasteiger partial charge in [0, 0.05) is 36.2 Å². The number of aryl methyl sites for hydroxylation is 2. The Bertz CT molecular complexity index is 960. The van der Waals surface area contributed by atoms with E-state index >= 15 is 0 Å². The lowest BCUT2D eigenvalue weighted by molar-refractivity contribution is 0.252. The largest absolute Gasteiger partial charge is 0.352 e. The van der Waals surface area contributed by atoms with Gasteiger partial charge in [0.25, 0.3) is 0 Å². The third-order valence-corrected chi connectivity index (χ3v) is 3.97. The number of benzene rings is 2. The molecule has 150 valence electrons. The Morgan fingerprint density at radius 3 is 2.34 bits per heavy atom. The van der Waals surface area contributed by atoms with E-state index in [4.69, 9.17) is 0 Å². The molecule has 0 unspecified atom stereocenters. The minimum absolute atomic E-state index is 0.352. The number of carbonyl (C=O) groups excluding carboxylic acids is 1. The maximum atomic E-state index is 12.9. The van der Waals surface area contributed by atoms with Gasteiger partial charge in [0.15, 0.2) is 0 Å². The quantitative estimate of drug-likeness (QED) is 0.451. The zero-order chi connectivity index (χ0) is 20.6. The maximum Gasteiger partial charge on any atom is 0.319 e. The first kappa shape index (κ1) is 20.1. The van der Waals surface area contributed by atoms with Crippen LogP contribution >= 0.6 is 0 Å². The summed E-state index contributed by atoms with van der Waals surface area (Å²) >= 11 is 0. The minimum atomic E-state index is -0.370. The number of aromatic nitrogens is 2. The van der Waals surface area contributed by atoms with E-state index in [2.05, 4.69) is 31.2 Å². The number of rotatable bonds is 7. The lowest BCUT2D eigenvalue weighted by Gasteiger charge is -2.11. The fourth-order valence-corrected chi connectivity index (χ4v) is 2.56. The number of amides is 2. The van der Waals surface area contributed by atoms with Crippen LogP contribution in [0.1, 0.15) is 11.3 Å². The molecule has 0 radical (unpaired) electrons. The number of hydrogen-bond donors (Lipinski definition) is 4. The van der Waals surface area contributed by atoms with Gasteiger partial charge in [-0.25, -0.2) is 14.2 Å². The van der Waals surface area contributed by atoms with Crippen LogP contribution in [0.4, 0.5) is 32.3 Å². The fraction of sp³-hybridized carbons (Fsp3) is 0.190. The van der Waals surface area contributed by atoms with Gasteiger partial charge in [-0.15, -0.1) is 0 Å². The minimum Gasteiger partial charge on any atom is -0.352 e.